The number of carboxylic acid groups (broad SMARTS) is 1. The van der Waals surface area contributed by atoms with Crippen LogP contribution in [0.5, 0.6) is 0 Å². The van der Waals surface area contributed by atoms with Crippen molar-refractivity contribution < 1.29 is 27.9 Å². The zero-order valence-corrected chi connectivity index (χ0v) is 12.7. The number of carbonyl (C=O) groups is 2. The Morgan fingerprint density at radius 3 is 2.00 bits per heavy atom. The number of hydrogen-bond donors (Lipinski definition) is 2. The molecule has 2 aliphatic rings. The van der Waals surface area contributed by atoms with Gasteiger partial charge in [-0.2, -0.15) is 13.2 Å². The van der Waals surface area contributed by atoms with Crippen molar-refractivity contribution in [2.24, 2.45) is 17.1 Å². The zero-order valence-electron chi connectivity index (χ0n) is 12.7. The van der Waals surface area contributed by atoms with Crippen LogP contribution in [0.25, 0.3) is 0 Å². The van der Waals surface area contributed by atoms with Gasteiger partial charge in [-0.15, -0.1) is 0 Å². The van der Waals surface area contributed by atoms with Crippen LogP contribution in [0.2, 0.25) is 0 Å². The molecule has 1 heterocycles. The van der Waals surface area contributed by atoms with Crippen LogP contribution >= 0.6 is 0 Å². The number of hydrogen-bond acceptors (Lipinski definition) is 3. The molecule has 0 aromatic rings. The number of rotatable bonds is 3. The number of piperidine rings is 1. The molecule has 1 saturated heterocycles. The molecule has 1 amide bonds. The maximum Gasteiger partial charge on any atom is 0.490 e. The van der Waals surface area contributed by atoms with E-state index in [9.17, 15) is 18.0 Å². The minimum absolute atomic E-state index is 0.107. The number of amides is 1. The Morgan fingerprint density at radius 2 is 1.73 bits per heavy atom. The molecule has 0 unspecified atom stereocenters. The molecule has 0 atom stereocenters. The van der Waals surface area contributed by atoms with Crippen LogP contribution in [0.3, 0.4) is 0 Å². The van der Waals surface area contributed by atoms with E-state index in [4.69, 9.17) is 15.6 Å². The number of halogens is 3. The molecule has 0 radical (unpaired) electrons. The van der Waals surface area contributed by atoms with Gasteiger partial charge in [0.05, 0.1) is 0 Å². The molecule has 0 spiro atoms. The second kappa shape index (κ2) is 7.30. The van der Waals surface area contributed by atoms with Crippen molar-refractivity contribution in [2.75, 3.05) is 19.6 Å². The summed E-state index contributed by atoms with van der Waals surface area (Å²) in [4.78, 5) is 22.4. The number of carbonyl (C=O) groups excluding carboxylic acids is 1. The fourth-order valence-corrected chi connectivity index (χ4v) is 2.85. The number of likely N-dealkylation sites (tertiary alicyclic amines) is 1. The van der Waals surface area contributed by atoms with E-state index in [0.29, 0.717) is 5.41 Å². The molecule has 3 N–H and O–H groups in total. The van der Waals surface area contributed by atoms with Crippen molar-refractivity contribution in [3.63, 3.8) is 0 Å². The fraction of sp³-hybridized carbons (Fsp3) is 0.857. The lowest BCUT2D eigenvalue weighted by molar-refractivity contribution is -0.192. The van der Waals surface area contributed by atoms with Gasteiger partial charge in [0.1, 0.15) is 0 Å². The highest BCUT2D eigenvalue weighted by Crippen LogP contribution is 2.41. The summed E-state index contributed by atoms with van der Waals surface area (Å²) < 4.78 is 31.7. The van der Waals surface area contributed by atoms with Gasteiger partial charge < -0.3 is 15.7 Å². The van der Waals surface area contributed by atoms with Gasteiger partial charge in [0.25, 0.3) is 0 Å². The Balaban J connectivity index is 0.000000295. The molecule has 0 aromatic carbocycles. The first-order valence-corrected chi connectivity index (χ1v) is 7.35. The second-order valence-corrected chi connectivity index (χ2v) is 6.42. The summed E-state index contributed by atoms with van der Waals surface area (Å²) in [5, 5.41) is 7.12. The summed E-state index contributed by atoms with van der Waals surface area (Å²) >= 11 is 0. The highest BCUT2D eigenvalue weighted by Gasteiger charge is 2.38. The number of primary amides is 1. The van der Waals surface area contributed by atoms with Crippen LogP contribution in [0.4, 0.5) is 13.2 Å². The van der Waals surface area contributed by atoms with E-state index in [2.05, 4.69) is 11.8 Å². The van der Waals surface area contributed by atoms with E-state index < -0.39 is 12.1 Å². The number of nitrogens with zero attached hydrogens (tertiary/aromatic N) is 1. The third kappa shape index (κ3) is 5.82. The number of alkyl halides is 3. The lowest BCUT2D eigenvalue weighted by Gasteiger charge is -2.44. The first-order chi connectivity index (χ1) is 10.0. The number of nitrogens with two attached hydrogens (primary N) is 1. The summed E-state index contributed by atoms with van der Waals surface area (Å²) in [6.07, 6.45) is 0.997. The van der Waals surface area contributed by atoms with Crippen LogP contribution in [0.15, 0.2) is 0 Å². The van der Waals surface area contributed by atoms with Crippen LogP contribution < -0.4 is 5.73 Å². The lowest BCUT2D eigenvalue weighted by Crippen LogP contribution is -2.45. The Bertz CT molecular complexity index is 401. The van der Waals surface area contributed by atoms with E-state index >= 15 is 0 Å². The van der Waals surface area contributed by atoms with Crippen molar-refractivity contribution in [2.45, 2.75) is 45.2 Å². The van der Waals surface area contributed by atoms with Gasteiger partial charge in [0, 0.05) is 12.5 Å². The van der Waals surface area contributed by atoms with Gasteiger partial charge in [-0.25, -0.2) is 4.79 Å². The third-order valence-corrected chi connectivity index (χ3v) is 4.40. The smallest absolute Gasteiger partial charge is 0.475 e. The first kappa shape index (κ1) is 18.7. The lowest BCUT2D eigenvalue weighted by atomic mass is 9.70. The van der Waals surface area contributed by atoms with E-state index in [0.717, 1.165) is 25.9 Å². The summed E-state index contributed by atoms with van der Waals surface area (Å²) in [6.45, 7) is 5.72. The maximum atomic E-state index is 11.0. The van der Waals surface area contributed by atoms with Crippen LogP contribution in [0.1, 0.15) is 39.0 Å². The number of aliphatic carboxylic acids is 1. The van der Waals surface area contributed by atoms with Crippen LogP contribution in [-0.4, -0.2) is 47.7 Å². The highest BCUT2D eigenvalue weighted by molar-refractivity contribution is 5.76. The van der Waals surface area contributed by atoms with E-state index in [-0.39, 0.29) is 11.8 Å². The number of carboxylic acids is 1. The standard InChI is InChI=1S/C12H22N2O.C2HF3O2/c1-12(5-2-6-12)9-14-7-3-10(4-8-14)11(13)15;3-2(4,5)1(6)7/h10H,2-9H2,1H3,(H2,13,15);(H,6,7). The van der Waals surface area contributed by atoms with Crippen LogP contribution in [-0.2, 0) is 9.59 Å². The van der Waals surface area contributed by atoms with Gasteiger partial charge in [0.2, 0.25) is 5.91 Å². The minimum atomic E-state index is -5.08. The average Bonchev–Trinajstić information content (AvgIpc) is 2.37. The summed E-state index contributed by atoms with van der Waals surface area (Å²) in [7, 11) is 0. The normalized spacial score (nSPS) is 22.2. The Kier molecular flexibility index (Phi) is 6.22. The van der Waals surface area contributed by atoms with E-state index in [1.807, 2.05) is 0 Å². The molecule has 5 nitrogen and oxygen atoms in total. The molecular weight excluding hydrogens is 301 g/mol. The Labute approximate surface area is 127 Å². The van der Waals surface area contributed by atoms with Gasteiger partial charge in [-0.05, 0) is 44.2 Å². The summed E-state index contributed by atoms with van der Waals surface area (Å²) in [5.41, 5.74) is 5.89. The topological polar surface area (TPSA) is 83.6 Å². The molecule has 128 valence electrons. The predicted molar refractivity (Wildman–Crippen MR) is 74.0 cm³/mol. The van der Waals surface area contributed by atoms with Crippen molar-refractivity contribution in [3.05, 3.63) is 0 Å². The molecular formula is C14H23F3N2O3. The monoisotopic (exact) mass is 324 g/mol. The molecule has 8 heteroatoms. The largest absolute Gasteiger partial charge is 0.490 e. The van der Waals surface area contributed by atoms with E-state index in [1.54, 1.807) is 0 Å². The highest BCUT2D eigenvalue weighted by atomic mass is 19.4. The molecule has 0 bridgehead atoms. The van der Waals surface area contributed by atoms with Crippen molar-refractivity contribution >= 4 is 11.9 Å². The molecule has 1 aliphatic heterocycles. The SMILES string of the molecule is CC1(CN2CCC(C(N)=O)CC2)CCC1.O=C(O)C(F)(F)F. The quantitative estimate of drug-likeness (QED) is 0.832. The van der Waals surface area contributed by atoms with Crippen LogP contribution in [0, 0.1) is 11.3 Å². The minimum Gasteiger partial charge on any atom is -0.475 e. The maximum absolute atomic E-state index is 11.0. The zero-order chi connectivity index (χ0) is 17.0. The molecule has 1 aliphatic carbocycles. The molecule has 2 rings (SSSR count). The average molecular weight is 324 g/mol. The van der Waals surface area contributed by atoms with E-state index in [1.165, 1.54) is 25.8 Å². The molecule has 1 saturated carbocycles. The second-order valence-electron chi connectivity index (χ2n) is 6.42. The Hall–Kier alpha value is -1.31. The van der Waals surface area contributed by atoms with Gasteiger partial charge in [0.15, 0.2) is 0 Å². The molecule has 2 fully saturated rings. The summed E-state index contributed by atoms with van der Waals surface area (Å²) in [6, 6.07) is 0. The Morgan fingerprint density at radius 1 is 1.27 bits per heavy atom. The van der Waals surface area contributed by atoms with Crippen molar-refractivity contribution in [3.8, 4) is 0 Å². The third-order valence-electron chi connectivity index (χ3n) is 4.40. The van der Waals surface area contributed by atoms with Gasteiger partial charge >= 0.3 is 12.1 Å². The van der Waals surface area contributed by atoms with Crippen molar-refractivity contribution in [1.82, 2.24) is 4.90 Å². The molecule has 0 aromatic heterocycles. The van der Waals surface area contributed by atoms with Gasteiger partial charge in [-0.1, -0.05) is 13.3 Å². The summed E-state index contributed by atoms with van der Waals surface area (Å²) in [5.74, 6) is -2.73. The first-order valence-electron chi connectivity index (χ1n) is 7.35. The molecule has 22 heavy (non-hydrogen) atoms. The fourth-order valence-electron chi connectivity index (χ4n) is 2.85. The van der Waals surface area contributed by atoms with Gasteiger partial charge in [-0.3, -0.25) is 4.79 Å². The van der Waals surface area contributed by atoms with Crippen molar-refractivity contribution in [1.29, 1.82) is 0 Å². The predicted octanol–water partition coefficient (Wildman–Crippen LogP) is 2.01.